The van der Waals surface area contributed by atoms with Crippen LogP contribution < -0.4 is 0 Å². The summed E-state index contributed by atoms with van der Waals surface area (Å²) in [5.74, 6) is 0. The molecule has 0 aliphatic carbocycles. The molecule has 6 heavy (non-hydrogen) atoms. The first kappa shape index (κ1) is 3.44. The zero-order valence-electron chi connectivity index (χ0n) is 3.22. The molecule has 1 aliphatic rings. The fourth-order valence-corrected chi connectivity index (χ4v) is 0.190. The maximum absolute atomic E-state index is 7.76. The molecule has 0 aromatic heterocycles. The van der Waals surface area contributed by atoms with Crippen LogP contribution in [-0.4, -0.2) is 18.2 Å². The minimum absolute atomic E-state index is 0.910. The quantitative estimate of drug-likeness (QED) is 0.323. The van der Waals surface area contributed by atoms with Gasteiger partial charge in [-0.2, -0.15) is 0 Å². The molecule has 1 rings (SSSR count). The molecule has 3 heteroatoms. The Hall–Kier alpha value is -0.750. The highest BCUT2D eigenvalue weighted by Gasteiger charge is 2.18. The predicted molar refractivity (Wildman–Crippen MR) is 18.3 cm³/mol. The van der Waals surface area contributed by atoms with Crippen LogP contribution in [-0.2, 0) is 4.84 Å². The standard InChI is InChI=1S/C3H4N2O/c4-3-6-5-1-2-5/h1-2H2. The maximum atomic E-state index is 7.76. The number of nitriles is 1. The molecule has 0 amide bonds. The lowest BCUT2D eigenvalue weighted by atomic mass is 11.0. The molecule has 1 heterocycles. The Labute approximate surface area is 35.7 Å². The summed E-state index contributed by atoms with van der Waals surface area (Å²) >= 11 is 0. The van der Waals surface area contributed by atoms with Gasteiger partial charge in [0.05, 0.1) is 13.1 Å². The van der Waals surface area contributed by atoms with Gasteiger partial charge in [0.15, 0.2) is 0 Å². The Kier molecular flexibility index (Phi) is 0.659. The van der Waals surface area contributed by atoms with Crippen LogP contribution in [0, 0.1) is 11.5 Å². The molecule has 0 saturated carbocycles. The molecular weight excluding hydrogens is 80.0 g/mol. The molecule has 1 fully saturated rings. The number of nitrogens with zero attached hydrogens (tertiary/aromatic N) is 2. The van der Waals surface area contributed by atoms with E-state index in [2.05, 4.69) is 4.84 Å². The summed E-state index contributed by atoms with van der Waals surface area (Å²) in [6.45, 7) is 1.82. The van der Waals surface area contributed by atoms with Gasteiger partial charge in [0, 0.05) is 0 Å². The Bertz CT molecular complexity index is 81.3. The fourth-order valence-electron chi connectivity index (χ4n) is 0.190. The lowest BCUT2D eigenvalue weighted by molar-refractivity contribution is 0.0282. The maximum Gasteiger partial charge on any atom is 0.307 e. The van der Waals surface area contributed by atoms with Gasteiger partial charge in [0.2, 0.25) is 0 Å². The average molecular weight is 84.1 g/mol. The third kappa shape index (κ3) is 0.597. The van der Waals surface area contributed by atoms with Gasteiger partial charge in [-0.1, -0.05) is 0 Å². The van der Waals surface area contributed by atoms with E-state index in [9.17, 15) is 0 Å². The summed E-state index contributed by atoms with van der Waals surface area (Å²) in [6, 6.07) is 0. The van der Waals surface area contributed by atoms with Crippen molar-refractivity contribution in [3.8, 4) is 6.26 Å². The summed E-state index contributed by atoms with van der Waals surface area (Å²) in [5.41, 5.74) is 0. The second-order valence-corrected chi connectivity index (χ2v) is 1.11. The van der Waals surface area contributed by atoms with Crippen LogP contribution in [0.25, 0.3) is 0 Å². The highest BCUT2D eigenvalue weighted by Crippen LogP contribution is 2.00. The Morgan fingerprint density at radius 1 is 1.67 bits per heavy atom. The largest absolute Gasteiger partial charge is 0.327 e. The summed E-state index contributed by atoms with van der Waals surface area (Å²) in [6.07, 6.45) is 1.56. The van der Waals surface area contributed by atoms with Crippen LogP contribution in [0.5, 0.6) is 0 Å². The second kappa shape index (κ2) is 1.15. The Morgan fingerprint density at radius 3 is 2.50 bits per heavy atom. The van der Waals surface area contributed by atoms with Crippen LogP contribution in [0.15, 0.2) is 0 Å². The molecule has 0 aromatic rings. The van der Waals surface area contributed by atoms with Crippen molar-refractivity contribution in [1.29, 1.82) is 5.26 Å². The van der Waals surface area contributed by atoms with Crippen molar-refractivity contribution < 1.29 is 4.84 Å². The third-order valence-electron chi connectivity index (χ3n) is 0.576. The molecule has 0 N–H and O–H groups in total. The molecule has 1 saturated heterocycles. The highest BCUT2D eigenvalue weighted by atomic mass is 16.7. The van der Waals surface area contributed by atoms with Crippen molar-refractivity contribution in [2.24, 2.45) is 0 Å². The van der Waals surface area contributed by atoms with Crippen LogP contribution in [0.4, 0.5) is 0 Å². The van der Waals surface area contributed by atoms with Gasteiger partial charge in [0.25, 0.3) is 0 Å². The van der Waals surface area contributed by atoms with Crippen molar-refractivity contribution in [2.75, 3.05) is 13.1 Å². The number of hydrogen-bond donors (Lipinski definition) is 0. The van der Waals surface area contributed by atoms with E-state index < -0.39 is 0 Å². The molecule has 0 spiro atoms. The van der Waals surface area contributed by atoms with Crippen LogP contribution in [0.2, 0.25) is 0 Å². The summed E-state index contributed by atoms with van der Waals surface area (Å²) in [5, 5.41) is 9.33. The molecule has 1 aliphatic heterocycles. The molecule has 0 aromatic carbocycles. The molecule has 32 valence electrons. The van der Waals surface area contributed by atoms with Gasteiger partial charge in [0.1, 0.15) is 0 Å². The smallest absolute Gasteiger partial charge is 0.307 e. The molecule has 0 bridgehead atoms. The molecule has 0 atom stereocenters. The Morgan fingerprint density at radius 2 is 2.33 bits per heavy atom. The molecule has 3 nitrogen and oxygen atoms in total. The van der Waals surface area contributed by atoms with Crippen molar-refractivity contribution in [3.05, 3.63) is 0 Å². The lowest BCUT2D eigenvalue weighted by Crippen LogP contribution is -1.88. The van der Waals surface area contributed by atoms with E-state index in [1.807, 2.05) is 0 Å². The van der Waals surface area contributed by atoms with Crippen molar-refractivity contribution in [2.45, 2.75) is 0 Å². The third-order valence-corrected chi connectivity index (χ3v) is 0.576. The molecule has 0 radical (unpaired) electrons. The topological polar surface area (TPSA) is 36.0 Å². The average Bonchev–Trinajstić information content (AvgIpc) is 2.21. The minimum atomic E-state index is 0.910. The van der Waals surface area contributed by atoms with Gasteiger partial charge in [-0.25, -0.2) is 0 Å². The van der Waals surface area contributed by atoms with Crippen molar-refractivity contribution >= 4 is 0 Å². The van der Waals surface area contributed by atoms with Gasteiger partial charge < -0.3 is 4.84 Å². The summed E-state index contributed by atoms with van der Waals surface area (Å²) in [7, 11) is 0. The number of rotatable bonds is 1. The Balaban J connectivity index is 2.05. The van der Waals surface area contributed by atoms with E-state index in [0.29, 0.717) is 0 Å². The SMILES string of the molecule is N#CON1CC1. The van der Waals surface area contributed by atoms with Crippen LogP contribution >= 0.6 is 0 Å². The van der Waals surface area contributed by atoms with Crippen LogP contribution in [0.3, 0.4) is 0 Å². The van der Waals surface area contributed by atoms with E-state index in [-0.39, 0.29) is 0 Å². The summed E-state index contributed by atoms with van der Waals surface area (Å²) < 4.78 is 0. The first-order valence-electron chi connectivity index (χ1n) is 1.74. The first-order chi connectivity index (χ1) is 2.93. The zero-order valence-corrected chi connectivity index (χ0v) is 3.22. The van der Waals surface area contributed by atoms with Crippen molar-refractivity contribution in [3.63, 3.8) is 0 Å². The normalized spacial score (nSPS) is 19.2. The highest BCUT2D eigenvalue weighted by molar-refractivity contribution is 4.63. The fraction of sp³-hybridized carbons (Fsp3) is 0.667. The van der Waals surface area contributed by atoms with E-state index in [1.165, 1.54) is 0 Å². The molecular formula is C3H4N2O. The van der Waals surface area contributed by atoms with Gasteiger partial charge in [-0.05, 0) is 0 Å². The van der Waals surface area contributed by atoms with E-state index in [0.717, 1.165) is 13.1 Å². The van der Waals surface area contributed by atoms with E-state index in [4.69, 9.17) is 5.26 Å². The van der Waals surface area contributed by atoms with E-state index >= 15 is 0 Å². The number of hydroxylamine groups is 2. The lowest BCUT2D eigenvalue weighted by Gasteiger charge is -1.83. The zero-order chi connectivity index (χ0) is 4.41. The summed E-state index contributed by atoms with van der Waals surface area (Å²) in [4.78, 5) is 4.29. The van der Waals surface area contributed by atoms with Crippen LogP contribution in [0.1, 0.15) is 0 Å². The van der Waals surface area contributed by atoms with Crippen molar-refractivity contribution in [1.82, 2.24) is 5.06 Å². The predicted octanol–water partition coefficient (Wildman–Crippen LogP) is -0.285. The monoisotopic (exact) mass is 84.0 g/mol. The second-order valence-electron chi connectivity index (χ2n) is 1.11. The number of hydrogen-bond acceptors (Lipinski definition) is 3. The van der Waals surface area contributed by atoms with E-state index in [1.54, 1.807) is 11.3 Å². The van der Waals surface area contributed by atoms with Gasteiger partial charge in [-0.15, -0.1) is 10.3 Å². The van der Waals surface area contributed by atoms with Gasteiger partial charge in [-0.3, -0.25) is 0 Å². The first-order valence-corrected chi connectivity index (χ1v) is 1.74. The van der Waals surface area contributed by atoms with Gasteiger partial charge >= 0.3 is 6.26 Å². The minimum Gasteiger partial charge on any atom is -0.327 e. The molecule has 0 unspecified atom stereocenters.